The summed E-state index contributed by atoms with van der Waals surface area (Å²) in [6.45, 7) is 5.52. The van der Waals surface area contributed by atoms with Crippen molar-refractivity contribution in [2.45, 2.75) is 33.6 Å². The first-order valence-corrected chi connectivity index (χ1v) is 8.49. The largest absolute Gasteiger partial charge is 0.396 e. The second kappa shape index (κ2) is 8.58. The lowest BCUT2D eigenvalue weighted by Gasteiger charge is -2.15. The molecule has 0 spiro atoms. The van der Waals surface area contributed by atoms with Gasteiger partial charge in [-0.15, -0.1) is 0 Å². The molecule has 6 nitrogen and oxygen atoms in total. The molecule has 6 heteroatoms. The monoisotopic (exact) mass is 343 g/mol. The summed E-state index contributed by atoms with van der Waals surface area (Å²) in [6.07, 6.45) is 2.89. The highest BCUT2D eigenvalue weighted by Crippen LogP contribution is 2.20. The number of nitrogens with zero attached hydrogens (tertiary/aromatic N) is 1. The third-order valence-electron chi connectivity index (χ3n) is 4.26. The van der Waals surface area contributed by atoms with Gasteiger partial charge in [0, 0.05) is 42.2 Å². The van der Waals surface area contributed by atoms with Crippen LogP contribution in [0.2, 0.25) is 0 Å². The fraction of sp³-hybridized carbons (Fsp3) is 0.421. The SMILES string of the molecule is CCc1c(C(=O)NCC(CO)Cc2ccccn2)[nH]c(C)c1C(C)=O. The Morgan fingerprint density at radius 2 is 2.12 bits per heavy atom. The highest BCUT2D eigenvalue weighted by Gasteiger charge is 2.22. The molecular weight excluding hydrogens is 318 g/mol. The van der Waals surface area contributed by atoms with Crippen LogP contribution in [0, 0.1) is 12.8 Å². The minimum absolute atomic E-state index is 0.0417. The van der Waals surface area contributed by atoms with Gasteiger partial charge in [-0.2, -0.15) is 0 Å². The zero-order valence-electron chi connectivity index (χ0n) is 14.9. The summed E-state index contributed by atoms with van der Waals surface area (Å²) in [4.78, 5) is 31.6. The molecule has 25 heavy (non-hydrogen) atoms. The van der Waals surface area contributed by atoms with E-state index in [9.17, 15) is 14.7 Å². The molecule has 2 heterocycles. The number of H-pyrrole nitrogens is 1. The Bertz CT molecular complexity index is 738. The molecule has 0 aliphatic heterocycles. The third kappa shape index (κ3) is 4.54. The Kier molecular flexibility index (Phi) is 6.47. The summed E-state index contributed by atoms with van der Waals surface area (Å²) in [5, 5.41) is 12.4. The molecule has 0 fully saturated rings. The molecule has 1 atom stereocenters. The van der Waals surface area contributed by atoms with Crippen LogP contribution in [0.5, 0.6) is 0 Å². The maximum Gasteiger partial charge on any atom is 0.268 e. The number of aliphatic hydroxyl groups excluding tert-OH is 1. The van der Waals surface area contributed by atoms with Crippen LogP contribution in [0.1, 0.15) is 51.6 Å². The number of aromatic nitrogens is 2. The summed E-state index contributed by atoms with van der Waals surface area (Å²) < 4.78 is 0. The average molecular weight is 343 g/mol. The molecule has 0 bridgehead atoms. The van der Waals surface area contributed by atoms with E-state index in [0.717, 1.165) is 11.3 Å². The van der Waals surface area contributed by atoms with Crippen molar-refractivity contribution in [3.63, 3.8) is 0 Å². The zero-order chi connectivity index (χ0) is 18.4. The van der Waals surface area contributed by atoms with Gasteiger partial charge in [0.15, 0.2) is 5.78 Å². The van der Waals surface area contributed by atoms with Crippen molar-refractivity contribution in [1.29, 1.82) is 0 Å². The molecular formula is C19H25N3O3. The van der Waals surface area contributed by atoms with Gasteiger partial charge in [-0.25, -0.2) is 0 Å². The molecule has 2 aromatic heterocycles. The minimum Gasteiger partial charge on any atom is -0.396 e. The fourth-order valence-electron chi connectivity index (χ4n) is 3.04. The van der Waals surface area contributed by atoms with Gasteiger partial charge in [0.25, 0.3) is 5.91 Å². The van der Waals surface area contributed by atoms with Crippen molar-refractivity contribution in [3.05, 3.63) is 52.6 Å². The van der Waals surface area contributed by atoms with Gasteiger partial charge in [0.1, 0.15) is 5.69 Å². The number of amides is 1. The van der Waals surface area contributed by atoms with E-state index in [0.29, 0.717) is 36.3 Å². The van der Waals surface area contributed by atoms with Crippen molar-refractivity contribution in [3.8, 4) is 0 Å². The summed E-state index contributed by atoms with van der Waals surface area (Å²) in [7, 11) is 0. The Morgan fingerprint density at radius 3 is 2.68 bits per heavy atom. The number of ketones is 1. The first-order chi connectivity index (χ1) is 12.0. The second-order valence-corrected chi connectivity index (χ2v) is 6.17. The molecule has 0 aliphatic rings. The number of hydrogen-bond acceptors (Lipinski definition) is 4. The number of aromatic amines is 1. The molecule has 134 valence electrons. The third-order valence-corrected chi connectivity index (χ3v) is 4.26. The Hall–Kier alpha value is -2.47. The molecule has 0 aromatic carbocycles. The van der Waals surface area contributed by atoms with Crippen LogP contribution in [0.15, 0.2) is 24.4 Å². The fourth-order valence-corrected chi connectivity index (χ4v) is 3.04. The van der Waals surface area contributed by atoms with E-state index in [1.807, 2.05) is 25.1 Å². The maximum absolute atomic E-state index is 12.5. The van der Waals surface area contributed by atoms with Gasteiger partial charge in [-0.3, -0.25) is 14.6 Å². The maximum atomic E-state index is 12.5. The van der Waals surface area contributed by atoms with E-state index >= 15 is 0 Å². The number of pyridine rings is 1. The number of aryl methyl sites for hydroxylation is 1. The average Bonchev–Trinajstić information content (AvgIpc) is 2.95. The summed E-state index contributed by atoms with van der Waals surface area (Å²) in [5.41, 5.74) is 3.36. The molecule has 2 rings (SSSR count). The first-order valence-electron chi connectivity index (χ1n) is 8.49. The summed E-state index contributed by atoms with van der Waals surface area (Å²) >= 11 is 0. The quantitative estimate of drug-likeness (QED) is 0.639. The molecule has 0 saturated heterocycles. The minimum atomic E-state index is -0.257. The van der Waals surface area contributed by atoms with Crippen molar-refractivity contribution in [2.24, 2.45) is 5.92 Å². The highest BCUT2D eigenvalue weighted by atomic mass is 16.3. The first kappa shape index (κ1) is 18.9. The van der Waals surface area contributed by atoms with E-state index < -0.39 is 0 Å². The van der Waals surface area contributed by atoms with E-state index in [1.165, 1.54) is 6.92 Å². The van der Waals surface area contributed by atoms with E-state index in [1.54, 1.807) is 13.1 Å². The molecule has 1 unspecified atom stereocenters. The predicted octanol–water partition coefficient (Wildman–Crippen LogP) is 2.06. The van der Waals surface area contributed by atoms with Crippen LogP contribution < -0.4 is 5.32 Å². The number of rotatable bonds is 8. The van der Waals surface area contributed by atoms with Crippen molar-refractivity contribution < 1.29 is 14.7 Å². The standard InChI is InChI=1S/C19H25N3O3/c1-4-16-17(13(3)24)12(2)22-18(16)19(25)21-10-14(11-23)9-15-7-5-6-8-20-15/h5-8,14,22-23H,4,9-11H2,1-3H3,(H,21,25). The van der Waals surface area contributed by atoms with Crippen LogP contribution in [0.4, 0.5) is 0 Å². The van der Waals surface area contributed by atoms with Crippen LogP contribution in [-0.4, -0.2) is 39.9 Å². The Labute approximate surface area is 147 Å². The molecule has 2 aromatic rings. The van der Waals surface area contributed by atoms with Gasteiger partial charge in [-0.1, -0.05) is 13.0 Å². The number of carbonyl (C=O) groups excluding carboxylic acids is 2. The molecule has 1 amide bonds. The van der Waals surface area contributed by atoms with Gasteiger partial charge >= 0.3 is 0 Å². The number of carbonyl (C=O) groups is 2. The highest BCUT2D eigenvalue weighted by molar-refractivity contribution is 6.02. The lowest BCUT2D eigenvalue weighted by molar-refractivity contribution is 0.0934. The topological polar surface area (TPSA) is 95.1 Å². The smallest absolute Gasteiger partial charge is 0.268 e. The normalized spacial score (nSPS) is 12.0. The number of hydrogen-bond donors (Lipinski definition) is 3. The Morgan fingerprint density at radius 1 is 1.36 bits per heavy atom. The van der Waals surface area contributed by atoms with Crippen molar-refractivity contribution >= 4 is 11.7 Å². The summed E-state index contributed by atoms with van der Waals surface area (Å²) in [6, 6.07) is 5.63. The lowest BCUT2D eigenvalue weighted by Crippen LogP contribution is -2.32. The molecule has 0 saturated carbocycles. The van der Waals surface area contributed by atoms with Crippen molar-refractivity contribution in [2.75, 3.05) is 13.2 Å². The van der Waals surface area contributed by atoms with Gasteiger partial charge in [0.2, 0.25) is 0 Å². The summed E-state index contributed by atoms with van der Waals surface area (Å²) in [5.74, 6) is -0.424. The van der Waals surface area contributed by atoms with Crippen LogP contribution >= 0.6 is 0 Å². The van der Waals surface area contributed by atoms with E-state index in [-0.39, 0.29) is 24.2 Å². The number of Topliss-reactive ketones (excluding diaryl/α,β-unsaturated/α-hetero) is 1. The lowest BCUT2D eigenvalue weighted by atomic mass is 10.0. The second-order valence-electron chi connectivity index (χ2n) is 6.17. The molecule has 0 radical (unpaired) electrons. The molecule has 3 N–H and O–H groups in total. The van der Waals surface area contributed by atoms with Crippen LogP contribution in [0.25, 0.3) is 0 Å². The van der Waals surface area contributed by atoms with E-state index in [2.05, 4.69) is 15.3 Å². The molecule has 0 aliphatic carbocycles. The van der Waals surface area contributed by atoms with Gasteiger partial charge in [-0.05, 0) is 44.4 Å². The van der Waals surface area contributed by atoms with Gasteiger partial charge in [0.05, 0.1) is 0 Å². The van der Waals surface area contributed by atoms with Crippen molar-refractivity contribution in [1.82, 2.24) is 15.3 Å². The zero-order valence-corrected chi connectivity index (χ0v) is 14.9. The van der Waals surface area contributed by atoms with E-state index in [4.69, 9.17) is 0 Å². The number of aliphatic hydroxyl groups is 1. The predicted molar refractivity (Wildman–Crippen MR) is 95.8 cm³/mol. The number of nitrogens with one attached hydrogen (secondary N) is 2. The van der Waals surface area contributed by atoms with Gasteiger partial charge < -0.3 is 15.4 Å². The van der Waals surface area contributed by atoms with Crippen LogP contribution in [0.3, 0.4) is 0 Å². The van der Waals surface area contributed by atoms with Crippen LogP contribution in [-0.2, 0) is 12.8 Å². The Balaban J connectivity index is 2.06.